The molecule has 5 rings (SSSR count). The number of ether oxygens (including phenoxy) is 2. The van der Waals surface area contributed by atoms with Crippen molar-refractivity contribution in [3.05, 3.63) is 71.4 Å². The molecule has 0 aliphatic heterocycles. The van der Waals surface area contributed by atoms with E-state index in [1.54, 1.807) is 16.7 Å². The maximum Gasteiger partial charge on any atom is 0.339 e. The molecule has 1 aliphatic carbocycles. The number of nitriles is 1. The number of methoxy groups -OCH3 is 2. The highest BCUT2D eigenvalue weighted by molar-refractivity contribution is 6.04. The fraction of sp³-hybridized carbons (Fsp3) is 0.241. The molecular weight excluding hydrogens is 494 g/mol. The van der Waals surface area contributed by atoms with E-state index in [1.165, 1.54) is 44.6 Å². The highest BCUT2D eigenvalue weighted by atomic mass is 19.1. The summed E-state index contributed by atoms with van der Waals surface area (Å²) >= 11 is 0. The molecule has 38 heavy (non-hydrogen) atoms. The van der Waals surface area contributed by atoms with Crippen molar-refractivity contribution in [2.24, 2.45) is 0 Å². The Kier molecular flexibility index (Phi) is 6.19. The quantitative estimate of drug-likeness (QED) is 0.296. The van der Waals surface area contributed by atoms with Gasteiger partial charge in [-0.15, -0.1) is 0 Å². The molecule has 1 fully saturated rings. The summed E-state index contributed by atoms with van der Waals surface area (Å²) in [6.45, 7) is 0. The van der Waals surface area contributed by atoms with E-state index in [4.69, 9.17) is 9.47 Å². The molecule has 9 heteroatoms. The molecule has 0 spiro atoms. The van der Waals surface area contributed by atoms with Gasteiger partial charge in [0, 0.05) is 34.8 Å². The third-order valence-electron chi connectivity index (χ3n) is 7.40. The first-order valence-electron chi connectivity index (χ1n) is 11.9. The van der Waals surface area contributed by atoms with E-state index in [0.717, 1.165) is 12.5 Å². The topological polar surface area (TPSA) is 105 Å². The van der Waals surface area contributed by atoms with Gasteiger partial charge in [0.05, 0.1) is 31.2 Å². The maximum atomic E-state index is 14.8. The molecule has 1 aromatic heterocycles. The van der Waals surface area contributed by atoms with Crippen molar-refractivity contribution < 1.29 is 33.3 Å². The van der Waals surface area contributed by atoms with E-state index >= 15 is 0 Å². The van der Waals surface area contributed by atoms with Crippen molar-refractivity contribution in [2.75, 3.05) is 14.2 Å². The molecule has 3 aromatic carbocycles. The molecule has 7 nitrogen and oxygen atoms in total. The lowest BCUT2D eigenvalue weighted by atomic mass is 9.63. The Labute approximate surface area is 217 Å². The molecule has 0 bridgehead atoms. The second kappa shape index (κ2) is 9.38. The van der Waals surface area contributed by atoms with Gasteiger partial charge in [0.25, 0.3) is 0 Å². The Bertz CT molecular complexity index is 1630. The van der Waals surface area contributed by atoms with Gasteiger partial charge >= 0.3 is 5.97 Å². The lowest BCUT2D eigenvalue weighted by Gasteiger charge is -2.42. The summed E-state index contributed by atoms with van der Waals surface area (Å²) in [4.78, 5) is 11.7. The van der Waals surface area contributed by atoms with Crippen molar-refractivity contribution in [1.82, 2.24) is 4.57 Å². The number of halogens is 2. The maximum absolute atomic E-state index is 14.8. The Hall–Kier alpha value is -4.58. The Morgan fingerprint density at radius 2 is 1.76 bits per heavy atom. The summed E-state index contributed by atoms with van der Waals surface area (Å²) in [6, 6.07) is 13.8. The van der Waals surface area contributed by atoms with Crippen LogP contribution in [0, 0.1) is 23.0 Å². The zero-order chi connectivity index (χ0) is 27.2. The number of hydrogen-bond acceptors (Lipinski definition) is 5. The minimum Gasteiger partial charge on any atom is -0.504 e. The first-order chi connectivity index (χ1) is 18.3. The van der Waals surface area contributed by atoms with Crippen molar-refractivity contribution in [3.8, 4) is 40.1 Å². The molecule has 0 radical (unpaired) electrons. The smallest absolute Gasteiger partial charge is 0.339 e. The third-order valence-corrected chi connectivity index (χ3v) is 7.40. The number of hydrogen-bond donors (Lipinski definition) is 2. The number of carbonyl (C=O) groups is 1. The van der Waals surface area contributed by atoms with Crippen LogP contribution >= 0.6 is 0 Å². The molecule has 2 N–H and O–H groups in total. The minimum absolute atomic E-state index is 0.00129. The lowest BCUT2D eigenvalue weighted by Crippen LogP contribution is -2.36. The monoisotopic (exact) mass is 518 g/mol. The predicted molar refractivity (Wildman–Crippen MR) is 136 cm³/mol. The number of benzene rings is 3. The second-order valence-electron chi connectivity index (χ2n) is 9.36. The zero-order valence-electron chi connectivity index (χ0n) is 20.7. The standard InChI is InChI=1S/C29H24F2N2O5/c1-37-22-14-16(4-6-18(22)28(35)36)24-25-21(9-8-20(31)26(25)34)33(17-5-7-19(30)23(15-17)38-2)27(24)29(12-13-32)10-3-11-29/h4-9,14-15,34H,3,10-12H2,1-2H3,(H,35,36). The number of aromatic nitrogens is 1. The first kappa shape index (κ1) is 25.1. The van der Waals surface area contributed by atoms with Crippen molar-refractivity contribution in [3.63, 3.8) is 0 Å². The van der Waals surface area contributed by atoms with Crippen LogP contribution in [0.4, 0.5) is 8.78 Å². The number of fused-ring (bicyclic) bond motifs is 1. The summed E-state index contributed by atoms with van der Waals surface area (Å²) < 4.78 is 41.6. The van der Waals surface area contributed by atoms with Crippen LogP contribution in [-0.4, -0.2) is 35.0 Å². The van der Waals surface area contributed by atoms with Crippen LogP contribution in [0.15, 0.2) is 48.5 Å². The highest BCUT2D eigenvalue weighted by Gasteiger charge is 2.44. The van der Waals surface area contributed by atoms with Gasteiger partial charge in [0.15, 0.2) is 23.1 Å². The molecule has 1 aliphatic rings. The molecule has 0 atom stereocenters. The van der Waals surface area contributed by atoms with E-state index in [9.17, 15) is 29.1 Å². The second-order valence-corrected chi connectivity index (χ2v) is 9.36. The molecule has 4 aromatic rings. The number of carboxylic acids is 1. The van der Waals surface area contributed by atoms with Gasteiger partial charge in [-0.1, -0.05) is 12.5 Å². The summed E-state index contributed by atoms with van der Waals surface area (Å²) in [7, 11) is 2.70. The molecule has 1 saturated carbocycles. The van der Waals surface area contributed by atoms with Crippen molar-refractivity contribution in [1.29, 1.82) is 5.26 Å². The van der Waals surface area contributed by atoms with Crippen molar-refractivity contribution >= 4 is 16.9 Å². The van der Waals surface area contributed by atoms with Gasteiger partial charge in [-0.05, 0) is 54.8 Å². The Morgan fingerprint density at radius 3 is 2.37 bits per heavy atom. The molecule has 0 saturated heterocycles. The van der Waals surface area contributed by atoms with E-state index in [0.29, 0.717) is 40.9 Å². The van der Waals surface area contributed by atoms with E-state index in [1.807, 2.05) is 0 Å². The Balaban J connectivity index is 1.97. The average Bonchev–Trinajstić information content (AvgIpc) is 3.24. The SMILES string of the molecule is COc1cc(-n2c(C3(CC#N)CCC3)c(-c3ccc(C(=O)O)c(OC)c3)c3c(O)c(F)ccc32)ccc1F. The fourth-order valence-corrected chi connectivity index (χ4v) is 5.45. The van der Waals surface area contributed by atoms with Gasteiger partial charge in [-0.25, -0.2) is 13.6 Å². The number of aromatic hydroxyl groups is 1. The van der Waals surface area contributed by atoms with E-state index in [-0.39, 0.29) is 28.9 Å². The number of rotatable bonds is 7. The summed E-state index contributed by atoms with van der Waals surface area (Å²) in [5.74, 6) is -3.07. The number of nitrogens with zero attached hydrogens (tertiary/aromatic N) is 2. The zero-order valence-corrected chi connectivity index (χ0v) is 20.7. The van der Waals surface area contributed by atoms with Crippen LogP contribution in [-0.2, 0) is 5.41 Å². The van der Waals surface area contributed by atoms with Gasteiger partial charge in [0.1, 0.15) is 11.3 Å². The largest absolute Gasteiger partial charge is 0.504 e. The van der Waals surface area contributed by atoms with Crippen LogP contribution in [0.5, 0.6) is 17.2 Å². The average molecular weight is 519 g/mol. The third kappa shape index (κ3) is 3.72. The predicted octanol–water partition coefficient (Wildman–Crippen LogP) is 6.33. The van der Waals surface area contributed by atoms with Crippen LogP contribution in [0.1, 0.15) is 41.7 Å². The lowest BCUT2D eigenvalue weighted by molar-refractivity contribution is 0.0693. The molecule has 0 amide bonds. The number of carboxylic acid groups (broad SMARTS) is 1. The molecular formula is C29H24F2N2O5. The number of phenols is 1. The van der Waals surface area contributed by atoms with Gasteiger partial charge in [-0.3, -0.25) is 0 Å². The van der Waals surface area contributed by atoms with Gasteiger partial charge < -0.3 is 24.3 Å². The number of aromatic carboxylic acids is 1. The molecule has 0 unspecified atom stereocenters. The summed E-state index contributed by atoms with van der Waals surface area (Å²) in [6.07, 6.45) is 2.34. The molecule has 194 valence electrons. The van der Waals surface area contributed by atoms with Crippen LogP contribution in [0.3, 0.4) is 0 Å². The summed E-state index contributed by atoms with van der Waals surface area (Å²) in [5, 5.41) is 30.6. The summed E-state index contributed by atoms with van der Waals surface area (Å²) in [5.41, 5.74) is 1.80. The van der Waals surface area contributed by atoms with E-state index in [2.05, 4.69) is 6.07 Å². The van der Waals surface area contributed by atoms with Crippen LogP contribution < -0.4 is 9.47 Å². The Morgan fingerprint density at radius 1 is 1.05 bits per heavy atom. The van der Waals surface area contributed by atoms with E-state index < -0.39 is 28.8 Å². The number of phenolic OH excluding ortho intramolecular Hbond substituents is 1. The van der Waals surface area contributed by atoms with Crippen LogP contribution in [0.25, 0.3) is 27.7 Å². The van der Waals surface area contributed by atoms with Crippen LogP contribution in [0.2, 0.25) is 0 Å². The first-order valence-corrected chi connectivity index (χ1v) is 11.9. The minimum atomic E-state index is -1.18. The van der Waals surface area contributed by atoms with Crippen molar-refractivity contribution in [2.45, 2.75) is 31.1 Å². The highest BCUT2D eigenvalue weighted by Crippen LogP contribution is 2.55. The van der Waals surface area contributed by atoms with Gasteiger partial charge in [-0.2, -0.15) is 5.26 Å². The normalized spacial score (nSPS) is 14.1. The molecule has 1 heterocycles. The van der Waals surface area contributed by atoms with Gasteiger partial charge in [0.2, 0.25) is 0 Å². The fourth-order valence-electron chi connectivity index (χ4n) is 5.45.